The average molecular weight is 160 g/mol. The van der Waals surface area contributed by atoms with Crippen molar-refractivity contribution in [2.75, 3.05) is 12.4 Å². The quantitative estimate of drug-likeness (QED) is 0.711. The van der Waals surface area contributed by atoms with Crippen molar-refractivity contribution < 1.29 is 0 Å². The molecule has 3 nitrogen and oxygen atoms in total. The van der Waals surface area contributed by atoms with Gasteiger partial charge < -0.3 is 5.32 Å². The zero-order valence-corrected chi connectivity index (χ0v) is 6.81. The van der Waals surface area contributed by atoms with Crippen LogP contribution in [0.4, 0.5) is 5.82 Å². The number of anilines is 1. The summed E-state index contributed by atoms with van der Waals surface area (Å²) in [6.07, 6.45) is 1.80. The Kier molecular flexibility index (Phi) is 2.17. The SMILES string of the molecule is CCn1cc(Cl)c(NC)n1. The van der Waals surface area contributed by atoms with Crippen molar-refractivity contribution in [3.8, 4) is 0 Å². The van der Waals surface area contributed by atoms with Crippen LogP contribution in [0.1, 0.15) is 6.92 Å². The molecular weight excluding hydrogens is 150 g/mol. The van der Waals surface area contributed by atoms with Crippen LogP contribution in [0.3, 0.4) is 0 Å². The van der Waals surface area contributed by atoms with E-state index in [1.807, 2.05) is 6.92 Å². The lowest BCUT2D eigenvalue weighted by molar-refractivity contribution is 0.662. The Morgan fingerprint density at radius 2 is 2.50 bits per heavy atom. The number of aromatic nitrogens is 2. The van der Waals surface area contributed by atoms with Gasteiger partial charge in [-0.25, -0.2) is 0 Å². The van der Waals surface area contributed by atoms with Crippen molar-refractivity contribution in [1.29, 1.82) is 0 Å². The molecule has 0 fully saturated rings. The summed E-state index contributed by atoms with van der Waals surface area (Å²) in [5, 5.41) is 7.68. The van der Waals surface area contributed by atoms with E-state index in [2.05, 4.69) is 10.4 Å². The van der Waals surface area contributed by atoms with Crippen LogP contribution < -0.4 is 5.32 Å². The van der Waals surface area contributed by atoms with Crippen molar-refractivity contribution in [3.63, 3.8) is 0 Å². The second-order valence-corrected chi connectivity index (χ2v) is 2.34. The summed E-state index contributed by atoms with van der Waals surface area (Å²) < 4.78 is 1.79. The monoisotopic (exact) mass is 159 g/mol. The first kappa shape index (κ1) is 7.41. The molecule has 1 N–H and O–H groups in total. The van der Waals surface area contributed by atoms with Crippen LogP contribution in [-0.4, -0.2) is 16.8 Å². The largest absolute Gasteiger partial charge is 0.370 e. The number of aryl methyl sites for hydroxylation is 1. The number of hydrogen-bond acceptors (Lipinski definition) is 2. The van der Waals surface area contributed by atoms with Gasteiger partial charge in [0, 0.05) is 19.8 Å². The molecule has 4 heteroatoms. The lowest BCUT2D eigenvalue weighted by Crippen LogP contribution is -1.95. The highest BCUT2D eigenvalue weighted by Crippen LogP contribution is 2.17. The van der Waals surface area contributed by atoms with E-state index in [1.54, 1.807) is 17.9 Å². The van der Waals surface area contributed by atoms with Crippen molar-refractivity contribution in [1.82, 2.24) is 9.78 Å². The van der Waals surface area contributed by atoms with Gasteiger partial charge in [-0.05, 0) is 6.92 Å². The van der Waals surface area contributed by atoms with Gasteiger partial charge >= 0.3 is 0 Å². The van der Waals surface area contributed by atoms with Crippen LogP contribution in [-0.2, 0) is 6.54 Å². The Morgan fingerprint density at radius 3 is 2.80 bits per heavy atom. The molecule has 1 aromatic heterocycles. The molecule has 0 aliphatic rings. The van der Waals surface area contributed by atoms with Gasteiger partial charge in [-0.15, -0.1) is 0 Å². The summed E-state index contributed by atoms with van der Waals surface area (Å²) in [6, 6.07) is 0. The van der Waals surface area contributed by atoms with Crippen LogP contribution in [0.2, 0.25) is 5.02 Å². The van der Waals surface area contributed by atoms with E-state index in [0.29, 0.717) is 5.02 Å². The third kappa shape index (κ3) is 1.24. The van der Waals surface area contributed by atoms with Gasteiger partial charge in [0.1, 0.15) is 5.02 Å². The van der Waals surface area contributed by atoms with E-state index in [-0.39, 0.29) is 0 Å². The molecule has 0 saturated heterocycles. The standard InChI is InChI=1S/C6H10ClN3/c1-3-10-4-5(7)6(8-2)9-10/h4H,3H2,1-2H3,(H,8,9). The summed E-state index contributed by atoms with van der Waals surface area (Å²) in [5.74, 6) is 0.739. The molecular formula is C6H10ClN3. The fraction of sp³-hybridized carbons (Fsp3) is 0.500. The zero-order chi connectivity index (χ0) is 7.56. The molecule has 1 aromatic rings. The van der Waals surface area contributed by atoms with Crippen LogP contribution in [0.25, 0.3) is 0 Å². The molecule has 1 heterocycles. The molecule has 0 aromatic carbocycles. The molecule has 0 spiro atoms. The maximum atomic E-state index is 5.78. The highest BCUT2D eigenvalue weighted by molar-refractivity contribution is 6.32. The van der Waals surface area contributed by atoms with Gasteiger partial charge in [-0.2, -0.15) is 5.10 Å². The van der Waals surface area contributed by atoms with Crippen molar-refractivity contribution >= 4 is 17.4 Å². The lowest BCUT2D eigenvalue weighted by atomic mass is 10.6. The van der Waals surface area contributed by atoms with Gasteiger partial charge in [0.2, 0.25) is 0 Å². The van der Waals surface area contributed by atoms with E-state index < -0.39 is 0 Å². The Labute approximate surface area is 65.0 Å². The first-order valence-corrected chi connectivity index (χ1v) is 3.56. The van der Waals surface area contributed by atoms with E-state index in [0.717, 1.165) is 12.4 Å². The maximum absolute atomic E-state index is 5.78. The molecule has 0 atom stereocenters. The second-order valence-electron chi connectivity index (χ2n) is 1.93. The number of nitrogens with one attached hydrogen (secondary N) is 1. The Bertz CT molecular complexity index is 219. The van der Waals surface area contributed by atoms with E-state index in [9.17, 15) is 0 Å². The second kappa shape index (κ2) is 2.92. The first-order valence-electron chi connectivity index (χ1n) is 3.18. The summed E-state index contributed by atoms with van der Waals surface area (Å²) in [4.78, 5) is 0. The van der Waals surface area contributed by atoms with E-state index in [4.69, 9.17) is 11.6 Å². The predicted octanol–water partition coefficient (Wildman–Crippen LogP) is 1.60. The lowest BCUT2D eigenvalue weighted by Gasteiger charge is -1.92. The average Bonchev–Trinajstić information content (AvgIpc) is 2.30. The summed E-state index contributed by atoms with van der Waals surface area (Å²) >= 11 is 5.78. The molecule has 0 bridgehead atoms. The summed E-state index contributed by atoms with van der Waals surface area (Å²) in [7, 11) is 1.80. The minimum atomic E-state index is 0.671. The van der Waals surface area contributed by atoms with Crippen LogP contribution in [0.5, 0.6) is 0 Å². The molecule has 56 valence electrons. The highest BCUT2D eigenvalue weighted by atomic mass is 35.5. The van der Waals surface area contributed by atoms with E-state index in [1.165, 1.54) is 0 Å². The molecule has 1 rings (SSSR count). The number of halogens is 1. The fourth-order valence-corrected chi connectivity index (χ4v) is 0.973. The van der Waals surface area contributed by atoms with Crippen LogP contribution in [0.15, 0.2) is 6.20 Å². The Morgan fingerprint density at radius 1 is 1.80 bits per heavy atom. The van der Waals surface area contributed by atoms with Gasteiger partial charge in [-0.3, -0.25) is 4.68 Å². The van der Waals surface area contributed by atoms with Crippen LogP contribution in [0, 0.1) is 0 Å². The molecule has 0 saturated carbocycles. The third-order valence-corrected chi connectivity index (χ3v) is 1.55. The number of hydrogen-bond donors (Lipinski definition) is 1. The zero-order valence-electron chi connectivity index (χ0n) is 6.06. The Hall–Kier alpha value is -0.700. The molecule has 0 amide bonds. The normalized spacial score (nSPS) is 9.90. The fourth-order valence-electron chi connectivity index (χ4n) is 0.728. The molecule has 10 heavy (non-hydrogen) atoms. The molecule has 0 unspecified atom stereocenters. The number of nitrogens with zero attached hydrogens (tertiary/aromatic N) is 2. The molecule has 0 radical (unpaired) electrons. The Balaban J connectivity index is 2.92. The van der Waals surface area contributed by atoms with Crippen molar-refractivity contribution in [3.05, 3.63) is 11.2 Å². The van der Waals surface area contributed by atoms with Crippen LogP contribution >= 0.6 is 11.6 Å². The topological polar surface area (TPSA) is 29.9 Å². The highest BCUT2D eigenvalue weighted by Gasteiger charge is 2.01. The van der Waals surface area contributed by atoms with E-state index >= 15 is 0 Å². The smallest absolute Gasteiger partial charge is 0.166 e. The minimum Gasteiger partial charge on any atom is -0.370 e. The maximum Gasteiger partial charge on any atom is 0.166 e. The van der Waals surface area contributed by atoms with Gasteiger partial charge in [0.05, 0.1) is 0 Å². The molecule has 0 aliphatic heterocycles. The minimum absolute atomic E-state index is 0.671. The summed E-state index contributed by atoms with van der Waals surface area (Å²) in [5.41, 5.74) is 0. The summed E-state index contributed by atoms with van der Waals surface area (Å²) in [6.45, 7) is 2.87. The van der Waals surface area contributed by atoms with Gasteiger partial charge in [0.15, 0.2) is 5.82 Å². The van der Waals surface area contributed by atoms with Crippen molar-refractivity contribution in [2.45, 2.75) is 13.5 Å². The van der Waals surface area contributed by atoms with Gasteiger partial charge in [-0.1, -0.05) is 11.6 Å². The molecule has 0 aliphatic carbocycles. The first-order chi connectivity index (χ1) is 4.77. The predicted molar refractivity (Wildman–Crippen MR) is 42.5 cm³/mol. The number of rotatable bonds is 2. The van der Waals surface area contributed by atoms with Crippen molar-refractivity contribution in [2.24, 2.45) is 0 Å². The van der Waals surface area contributed by atoms with Gasteiger partial charge in [0.25, 0.3) is 0 Å². The third-order valence-electron chi connectivity index (χ3n) is 1.28.